The molecule has 88 valence electrons. The first-order valence-electron chi connectivity index (χ1n) is 5.52. The normalized spacial score (nSPS) is 18.6. The van der Waals surface area contributed by atoms with Gasteiger partial charge in [0, 0.05) is 17.2 Å². The summed E-state index contributed by atoms with van der Waals surface area (Å²) in [7, 11) is 0. The van der Waals surface area contributed by atoms with Crippen LogP contribution in [-0.2, 0) is 0 Å². The molecule has 1 amide bonds. The fourth-order valence-electron chi connectivity index (χ4n) is 2.24. The lowest BCUT2D eigenvalue weighted by atomic mass is 9.97. The highest BCUT2D eigenvalue weighted by Gasteiger charge is 2.34. The molecule has 1 saturated carbocycles. The van der Waals surface area contributed by atoms with E-state index in [1.165, 1.54) is 0 Å². The van der Waals surface area contributed by atoms with Crippen LogP contribution in [0.2, 0.25) is 0 Å². The summed E-state index contributed by atoms with van der Waals surface area (Å²) >= 11 is 3.31. The fraction of sp³-hybridized carbons (Fsp3) is 0.545. The third-order valence-electron chi connectivity index (χ3n) is 3.22. The molecule has 2 rings (SSSR count). The Morgan fingerprint density at radius 2 is 2.25 bits per heavy atom. The summed E-state index contributed by atoms with van der Waals surface area (Å²) in [6.45, 7) is 0.515. The van der Waals surface area contributed by atoms with Gasteiger partial charge in [-0.3, -0.25) is 4.79 Å². The number of rotatable bonds is 3. The third kappa shape index (κ3) is 2.30. The average Bonchev–Trinajstić information content (AvgIpc) is 2.88. The molecule has 0 saturated heterocycles. The summed E-state index contributed by atoms with van der Waals surface area (Å²) in [4.78, 5) is 14.9. The lowest BCUT2D eigenvalue weighted by Crippen LogP contribution is -2.51. The van der Waals surface area contributed by atoms with E-state index in [0.29, 0.717) is 12.2 Å². The van der Waals surface area contributed by atoms with Gasteiger partial charge in [-0.1, -0.05) is 12.8 Å². The van der Waals surface area contributed by atoms with Gasteiger partial charge in [0.05, 0.1) is 5.54 Å². The smallest absolute Gasteiger partial charge is 0.268 e. The van der Waals surface area contributed by atoms with Crippen LogP contribution in [0.25, 0.3) is 0 Å². The maximum atomic E-state index is 12.0. The number of H-pyrrole nitrogens is 1. The molecule has 0 radical (unpaired) electrons. The molecule has 4 N–H and O–H groups in total. The maximum Gasteiger partial charge on any atom is 0.268 e. The lowest BCUT2D eigenvalue weighted by molar-refractivity contribution is 0.0898. The van der Waals surface area contributed by atoms with Crippen molar-refractivity contribution < 1.29 is 4.79 Å². The number of carbonyl (C=O) groups is 1. The minimum atomic E-state index is -0.186. The number of aromatic amines is 1. The fourth-order valence-corrected chi connectivity index (χ4v) is 2.58. The molecular formula is C11H16BrN3O. The molecule has 0 bridgehead atoms. The van der Waals surface area contributed by atoms with E-state index in [0.717, 1.165) is 30.2 Å². The second-order valence-corrected chi connectivity index (χ2v) is 5.29. The maximum absolute atomic E-state index is 12.0. The van der Waals surface area contributed by atoms with Gasteiger partial charge in [0.2, 0.25) is 0 Å². The summed E-state index contributed by atoms with van der Waals surface area (Å²) in [6, 6.07) is 1.77. The van der Waals surface area contributed by atoms with Crippen LogP contribution in [0.3, 0.4) is 0 Å². The second kappa shape index (κ2) is 4.59. The van der Waals surface area contributed by atoms with Gasteiger partial charge in [0.1, 0.15) is 5.69 Å². The zero-order valence-corrected chi connectivity index (χ0v) is 10.6. The van der Waals surface area contributed by atoms with E-state index in [1.54, 1.807) is 12.3 Å². The van der Waals surface area contributed by atoms with E-state index in [9.17, 15) is 4.79 Å². The molecule has 4 nitrogen and oxygen atoms in total. The summed E-state index contributed by atoms with van der Waals surface area (Å²) in [5, 5.41) is 3.06. The summed E-state index contributed by atoms with van der Waals surface area (Å²) in [6.07, 6.45) is 6.00. The Labute approximate surface area is 103 Å². The Morgan fingerprint density at radius 1 is 1.56 bits per heavy atom. The van der Waals surface area contributed by atoms with Crippen molar-refractivity contribution in [2.24, 2.45) is 5.73 Å². The first kappa shape index (κ1) is 11.7. The Kier molecular flexibility index (Phi) is 3.35. The van der Waals surface area contributed by atoms with Crippen LogP contribution in [0.4, 0.5) is 0 Å². The van der Waals surface area contributed by atoms with Gasteiger partial charge in [-0.2, -0.15) is 0 Å². The Bertz CT molecular complexity index is 382. The molecule has 16 heavy (non-hydrogen) atoms. The highest BCUT2D eigenvalue weighted by molar-refractivity contribution is 9.10. The predicted molar refractivity (Wildman–Crippen MR) is 66.2 cm³/mol. The molecule has 0 aromatic carbocycles. The molecule has 1 aromatic heterocycles. The second-order valence-electron chi connectivity index (χ2n) is 4.38. The van der Waals surface area contributed by atoms with Crippen molar-refractivity contribution in [3.63, 3.8) is 0 Å². The summed E-state index contributed by atoms with van der Waals surface area (Å²) < 4.78 is 0.880. The molecule has 1 aliphatic rings. The van der Waals surface area contributed by atoms with E-state index in [-0.39, 0.29) is 11.4 Å². The van der Waals surface area contributed by atoms with Crippen molar-refractivity contribution >= 4 is 21.8 Å². The Morgan fingerprint density at radius 3 is 2.75 bits per heavy atom. The standard InChI is InChI=1S/C11H16BrN3O/c12-8-5-9(14-6-8)10(16)15-11(7-13)3-1-2-4-11/h5-6,14H,1-4,7,13H2,(H,15,16). The molecule has 0 atom stereocenters. The van der Waals surface area contributed by atoms with E-state index in [1.807, 2.05) is 0 Å². The molecule has 1 aromatic rings. The van der Waals surface area contributed by atoms with Crippen molar-refractivity contribution in [2.75, 3.05) is 6.54 Å². The first-order chi connectivity index (χ1) is 7.65. The number of hydrogen-bond acceptors (Lipinski definition) is 2. The zero-order valence-electron chi connectivity index (χ0n) is 9.05. The number of halogens is 1. The highest BCUT2D eigenvalue weighted by atomic mass is 79.9. The van der Waals surface area contributed by atoms with Gasteiger partial charge in [-0.25, -0.2) is 0 Å². The van der Waals surface area contributed by atoms with E-state index < -0.39 is 0 Å². The van der Waals surface area contributed by atoms with E-state index in [4.69, 9.17) is 5.73 Å². The van der Waals surface area contributed by atoms with E-state index >= 15 is 0 Å². The predicted octanol–water partition coefficient (Wildman–Crippen LogP) is 1.78. The first-order valence-corrected chi connectivity index (χ1v) is 6.31. The van der Waals surface area contributed by atoms with Crippen molar-refractivity contribution in [1.82, 2.24) is 10.3 Å². The Hall–Kier alpha value is -0.810. The molecule has 1 fully saturated rings. The van der Waals surface area contributed by atoms with Crippen LogP contribution in [0.5, 0.6) is 0 Å². The van der Waals surface area contributed by atoms with Gasteiger partial charge in [0.15, 0.2) is 0 Å². The van der Waals surface area contributed by atoms with Gasteiger partial charge < -0.3 is 16.0 Å². The van der Waals surface area contributed by atoms with Crippen LogP contribution in [-0.4, -0.2) is 23.0 Å². The van der Waals surface area contributed by atoms with Crippen molar-refractivity contribution in [1.29, 1.82) is 0 Å². The molecule has 0 spiro atoms. The van der Waals surface area contributed by atoms with Crippen LogP contribution >= 0.6 is 15.9 Å². The average molecular weight is 286 g/mol. The molecular weight excluding hydrogens is 270 g/mol. The summed E-state index contributed by atoms with van der Waals surface area (Å²) in [5.41, 5.74) is 6.16. The zero-order chi connectivity index (χ0) is 11.6. The van der Waals surface area contributed by atoms with Crippen LogP contribution in [0.15, 0.2) is 16.7 Å². The summed E-state index contributed by atoms with van der Waals surface area (Å²) in [5.74, 6) is -0.0712. The number of nitrogens with two attached hydrogens (primary N) is 1. The van der Waals surface area contributed by atoms with Crippen molar-refractivity contribution in [3.8, 4) is 0 Å². The molecule has 1 heterocycles. The largest absolute Gasteiger partial charge is 0.356 e. The number of hydrogen-bond donors (Lipinski definition) is 3. The minimum Gasteiger partial charge on any atom is -0.356 e. The van der Waals surface area contributed by atoms with Crippen LogP contribution in [0.1, 0.15) is 36.2 Å². The molecule has 0 unspecified atom stereocenters. The highest BCUT2D eigenvalue weighted by Crippen LogP contribution is 2.28. The third-order valence-corrected chi connectivity index (χ3v) is 3.68. The van der Waals surface area contributed by atoms with Gasteiger partial charge >= 0.3 is 0 Å². The number of amides is 1. The van der Waals surface area contributed by atoms with Crippen LogP contribution in [0, 0.1) is 0 Å². The van der Waals surface area contributed by atoms with E-state index in [2.05, 4.69) is 26.2 Å². The monoisotopic (exact) mass is 285 g/mol. The number of carbonyl (C=O) groups excluding carboxylic acids is 1. The molecule has 5 heteroatoms. The van der Waals surface area contributed by atoms with Gasteiger partial charge in [0.25, 0.3) is 5.91 Å². The minimum absolute atomic E-state index is 0.0712. The number of aromatic nitrogens is 1. The van der Waals surface area contributed by atoms with Crippen LogP contribution < -0.4 is 11.1 Å². The topological polar surface area (TPSA) is 70.9 Å². The molecule has 1 aliphatic carbocycles. The molecule has 0 aliphatic heterocycles. The SMILES string of the molecule is NCC1(NC(=O)c2cc(Br)c[nH]2)CCCC1. The van der Waals surface area contributed by atoms with Crippen molar-refractivity contribution in [3.05, 3.63) is 22.4 Å². The quantitative estimate of drug-likeness (QED) is 0.792. The van der Waals surface area contributed by atoms with Crippen molar-refractivity contribution in [2.45, 2.75) is 31.2 Å². The Balaban J connectivity index is 2.06. The number of nitrogens with one attached hydrogen (secondary N) is 2. The van der Waals surface area contributed by atoms with Gasteiger partial charge in [-0.05, 0) is 34.8 Å². The lowest BCUT2D eigenvalue weighted by Gasteiger charge is -2.28. The van der Waals surface area contributed by atoms with Gasteiger partial charge in [-0.15, -0.1) is 0 Å².